The highest BCUT2D eigenvalue weighted by Gasteiger charge is 2.19. The number of amides is 2. The lowest BCUT2D eigenvalue weighted by Crippen LogP contribution is -2.39. The van der Waals surface area contributed by atoms with Crippen LogP contribution in [0.2, 0.25) is 0 Å². The summed E-state index contributed by atoms with van der Waals surface area (Å²) in [4.78, 5) is 23.4. The van der Waals surface area contributed by atoms with Crippen LogP contribution in [0.5, 0.6) is 0 Å². The molecule has 0 aliphatic carbocycles. The highest BCUT2D eigenvalue weighted by atomic mass is 16.5. The van der Waals surface area contributed by atoms with Crippen molar-refractivity contribution in [2.24, 2.45) is 0 Å². The van der Waals surface area contributed by atoms with Crippen LogP contribution in [0.4, 0.5) is 5.69 Å². The average Bonchev–Trinajstić information content (AvgIpc) is 2.44. The first kappa shape index (κ1) is 14.5. The van der Waals surface area contributed by atoms with Gasteiger partial charge in [0.15, 0.2) is 0 Å². The Hall–Kier alpha value is -1.88. The van der Waals surface area contributed by atoms with Gasteiger partial charge in [-0.2, -0.15) is 0 Å². The van der Waals surface area contributed by atoms with E-state index >= 15 is 0 Å². The number of carbonyl (C=O) groups excluding carboxylic acids is 2. The summed E-state index contributed by atoms with van der Waals surface area (Å²) in [6, 6.07) is 5.34. The molecule has 1 aliphatic rings. The van der Waals surface area contributed by atoms with E-state index in [0.29, 0.717) is 24.9 Å². The third-order valence-electron chi connectivity index (χ3n) is 3.49. The van der Waals surface area contributed by atoms with Gasteiger partial charge in [0.2, 0.25) is 5.91 Å². The molecule has 0 spiro atoms. The number of benzene rings is 1. The number of carbonyl (C=O) groups is 2. The van der Waals surface area contributed by atoms with Gasteiger partial charge in [0.05, 0.1) is 5.60 Å². The van der Waals surface area contributed by atoms with E-state index in [1.165, 1.54) is 0 Å². The molecule has 0 atom stereocenters. The fourth-order valence-corrected chi connectivity index (χ4v) is 1.99. The predicted octanol–water partition coefficient (Wildman–Crippen LogP) is 1.73. The molecule has 1 aliphatic heterocycles. The fraction of sp³-hybridized carbons (Fsp3) is 0.467. The van der Waals surface area contributed by atoms with Crippen molar-refractivity contribution in [1.82, 2.24) is 5.32 Å². The van der Waals surface area contributed by atoms with E-state index in [0.717, 1.165) is 11.3 Å². The molecule has 0 bridgehead atoms. The Balaban J connectivity index is 2.06. The van der Waals surface area contributed by atoms with Crippen molar-refractivity contribution in [3.63, 3.8) is 0 Å². The molecule has 108 valence electrons. The van der Waals surface area contributed by atoms with E-state index in [2.05, 4.69) is 10.6 Å². The molecule has 2 amide bonds. The Bertz CT molecular complexity index is 538. The van der Waals surface area contributed by atoms with E-state index in [1.54, 1.807) is 19.2 Å². The van der Waals surface area contributed by atoms with E-state index in [-0.39, 0.29) is 11.8 Å². The van der Waals surface area contributed by atoms with E-state index < -0.39 is 5.60 Å². The molecule has 5 heteroatoms. The zero-order valence-corrected chi connectivity index (χ0v) is 12.1. The molecular weight excluding hydrogens is 256 g/mol. The van der Waals surface area contributed by atoms with Crippen molar-refractivity contribution in [1.29, 1.82) is 0 Å². The van der Waals surface area contributed by atoms with Crippen LogP contribution < -0.4 is 10.6 Å². The van der Waals surface area contributed by atoms with Gasteiger partial charge in [-0.05, 0) is 44.0 Å². The normalized spacial score (nSPS) is 14.4. The van der Waals surface area contributed by atoms with Crippen molar-refractivity contribution in [2.75, 3.05) is 19.0 Å². The second kappa shape index (κ2) is 5.63. The minimum absolute atomic E-state index is 0.0246. The third-order valence-corrected chi connectivity index (χ3v) is 3.49. The van der Waals surface area contributed by atoms with Gasteiger partial charge in [-0.25, -0.2) is 0 Å². The molecule has 1 heterocycles. The van der Waals surface area contributed by atoms with Gasteiger partial charge in [-0.3, -0.25) is 9.59 Å². The lowest BCUT2D eigenvalue weighted by atomic mass is 10.00. The van der Waals surface area contributed by atoms with E-state index in [9.17, 15) is 9.59 Å². The predicted molar refractivity (Wildman–Crippen MR) is 76.8 cm³/mol. The Morgan fingerprint density at radius 3 is 2.85 bits per heavy atom. The summed E-state index contributed by atoms with van der Waals surface area (Å²) in [5.41, 5.74) is 2.02. The van der Waals surface area contributed by atoms with Crippen LogP contribution in [0.1, 0.15) is 36.2 Å². The molecule has 0 fully saturated rings. The molecule has 2 rings (SSSR count). The molecule has 0 radical (unpaired) electrons. The summed E-state index contributed by atoms with van der Waals surface area (Å²) in [6.45, 7) is 4.27. The molecule has 1 aromatic carbocycles. The first-order valence-electron chi connectivity index (χ1n) is 6.67. The van der Waals surface area contributed by atoms with Crippen LogP contribution in [0.15, 0.2) is 18.2 Å². The number of nitrogens with one attached hydrogen (secondary N) is 2. The van der Waals surface area contributed by atoms with Gasteiger partial charge in [0.25, 0.3) is 5.91 Å². The van der Waals surface area contributed by atoms with Crippen molar-refractivity contribution >= 4 is 17.5 Å². The first-order valence-corrected chi connectivity index (χ1v) is 6.67. The van der Waals surface area contributed by atoms with Crippen LogP contribution in [0, 0.1) is 0 Å². The smallest absolute Gasteiger partial charge is 0.251 e. The molecule has 2 N–H and O–H groups in total. The average molecular weight is 276 g/mol. The van der Waals surface area contributed by atoms with Crippen LogP contribution in [0.3, 0.4) is 0 Å². The van der Waals surface area contributed by atoms with Gasteiger partial charge in [0.1, 0.15) is 0 Å². The fourth-order valence-electron chi connectivity index (χ4n) is 1.99. The Kier molecular flexibility index (Phi) is 4.09. The lowest BCUT2D eigenvalue weighted by Gasteiger charge is -2.23. The van der Waals surface area contributed by atoms with Gasteiger partial charge in [-0.15, -0.1) is 0 Å². The molecule has 20 heavy (non-hydrogen) atoms. The topological polar surface area (TPSA) is 67.4 Å². The molecule has 0 unspecified atom stereocenters. The van der Waals surface area contributed by atoms with Crippen molar-refractivity contribution in [2.45, 2.75) is 32.3 Å². The highest BCUT2D eigenvalue weighted by Crippen LogP contribution is 2.23. The number of rotatable bonds is 4. The van der Waals surface area contributed by atoms with Crippen LogP contribution >= 0.6 is 0 Å². The number of hydrogen-bond donors (Lipinski definition) is 2. The number of hydrogen-bond acceptors (Lipinski definition) is 3. The Labute approximate surface area is 118 Å². The van der Waals surface area contributed by atoms with Gasteiger partial charge in [0, 0.05) is 31.3 Å². The Morgan fingerprint density at radius 1 is 1.40 bits per heavy atom. The first-order chi connectivity index (χ1) is 9.41. The van der Waals surface area contributed by atoms with Gasteiger partial charge >= 0.3 is 0 Å². The number of fused-ring (bicyclic) bond motifs is 1. The van der Waals surface area contributed by atoms with Crippen molar-refractivity contribution in [3.8, 4) is 0 Å². The molecule has 0 saturated heterocycles. The maximum absolute atomic E-state index is 12.1. The quantitative estimate of drug-likeness (QED) is 0.880. The van der Waals surface area contributed by atoms with Gasteiger partial charge in [-0.1, -0.05) is 0 Å². The van der Waals surface area contributed by atoms with Crippen LogP contribution in [-0.2, 0) is 16.0 Å². The Morgan fingerprint density at radius 2 is 2.15 bits per heavy atom. The molecule has 0 saturated carbocycles. The monoisotopic (exact) mass is 276 g/mol. The number of methoxy groups -OCH3 is 1. The van der Waals surface area contributed by atoms with Crippen LogP contribution in [0.25, 0.3) is 0 Å². The number of ether oxygens (including phenoxy) is 1. The second-order valence-electron chi connectivity index (χ2n) is 5.57. The largest absolute Gasteiger partial charge is 0.377 e. The standard InChI is InChI=1S/C15H20N2O3/c1-15(2,20-3)9-16-14(19)11-4-6-12-10(8-11)5-7-13(18)17-12/h4,6,8H,5,7,9H2,1-3H3,(H,16,19)(H,17,18). The summed E-state index contributed by atoms with van der Waals surface area (Å²) in [6.07, 6.45) is 1.14. The molecule has 0 aromatic heterocycles. The SMILES string of the molecule is COC(C)(C)CNC(=O)c1ccc2c(c1)CCC(=O)N2. The summed E-state index contributed by atoms with van der Waals surface area (Å²) < 4.78 is 5.26. The number of aryl methyl sites for hydroxylation is 1. The highest BCUT2D eigenvalue weighted by molar-refractivity contribution is 5.97. The summed E-state index contributed by atoms with van der Waals surface area (Å²) >= 11 is 0. The zero-order valence-electron chi connectivity index (χ0n) is 12.1. The second-order valence-corrected chi connectivity index (χ2v) is 5.57. The summed E-state index contributed by atoms with van der Waals surface area (Å²) in [7, 11) is 1.62. The van der Waals surface area contributed by atoms with Crippen molar-refractivity contribution < 1.29 is 14.3 Å². The summed E-state index contributed by atoms with van der Waals surface area (Å²) in [5, 5.41) is 5.66. The minimum atomic E-state index is -0.391. The van der Waals surface area contributed by atoms with E-state index in [4.69, 9.17) is 4.74 Å². The lowest BCUT2D eigenvalue weighted by molar-refractivity contribution is -0.116. The van der Waals surface area contributed by atoms with Crippen molar-refractivity contribution in [3.05, 3.63) is 29.3 Å². The molecule has 1 aromatic rings. The summed E-state index contributed by atoms with van der Waals surface area (Å²) in [5.74, 6) is -0.105. The minimum Gasteiger partial charge on any atom is -0.377 e. The third kappa shape index (κ3) is 3.36. The molecular formula is C15H20N2O3. The molecule has 5 nitrogen and oxygen atoms in total. The maximum Gasteiger partial charge on any atom is 0.251 e. The zero-order chi connectivity index (χ0) is 14.8. The maximum atomic E-state index is 12.1. The van der Waals surface area contributed by atoms with E-state index in [1.807, 2.05) is 19.9 Å². The number of anilines is 1. The van der Waals surface area contributed by atoms with Gasteiger partial charge < -0.3 is 15.4 Å². The van der Waals surface area contributed by atoms with Crippen LogP contribution in [-0.4, -0.2) is 31.1 Å².